The SMILES string of the molecule is CC1CC(CN)CN1S(=O)(=O)c1cn(C)c(=O)n(C)c1=O.Cl. The highest BCUT2D eigenvalue weighted by Crippen LogP contribution is 2.27. The fraction of sp³-hybridized carbons (Fsp3) is 0.667. The molecule has 2 N–H and O–H groups in total. The Morgan fingerprint density at radius 2 is 1.91 bits per heavy atom. The molecule has 0 bridgehead atoms. The molecule has 10 heteroatoms. The van der Waals surface area contributed by atoms with Crippen molar-refractivity contribution in [3.8, 4) is 0 Å². The number of rotatable bonds is 3. The number of sulfonamides is 1. The zero-order valence-electron chi connectivity index (χ0n) is 12.7. The van der Waals surface area contributed by atoms with Crippen LogP contribution in [0.3, 0.4) is 0 Å². The highest BCUT2D eigenvalue weighted by atomic mass is 35.5. The fourth-order valence-corrected chi connectivity index (χ4v) is 4.56. The van der Waals surface area contributed by atoms with Gasteiger partial charge in [0, 0.05) is 32.9 Å². The molecule has 0 radical (unpaired) electrons. The Bertz CT molecular complexity index is 770. The summed E-state index contributed by atoms with van der Waals surface area (Å²) in [6, 6.07) is -0.217. The molecule has 126 valence electrons. The molecule has 1 aliphatic rings. The van der Waals surface area contributed by atoms with Gasteiger partial charge < -0.3 is 10.3 Å². The normalized spacial score (nSPS) is 22.5. The number of aryl methyl sites for hydroxylation is 1. The Labute approximate surface area is 135 Å². The van der Waals surface area contributed by atoms with Gasteiger partial charge in [0.25, 0.3) is 5.56 Å². The monoisotopic (exact) mass is 352 g/mol. The van der Waals surface area contributed by atoms with Crippen molar-refractivity contribution >= 4 is 22.4 Å². The van der Waals surface area contributed by atoms with Crippen molar-refractivity contribution in [1.29, 1.82) is 0 Å². The molecule has 1 fully saturated rings. The highest BCUT2D eigenvalue weighted by Gasteiger charge is 2.39. The number of hydrogen-bond donors (Lipinski definition) is 1. The van der Waals surface area contributed by atoms with Crippen molar-refractivity contribution in [2.24, 2.45) is 25.7 Å². The molecule has 8 nitrogen and oxygen atoms in total. The third kappa shape index (κ3) is 2.98. The molecule has 1 saturated heterocycles. The third-order valence-electron chi connectivity index (χ3n) is 3.94. The van der Waals surface area contributed by atoms with Crippen molar-refractivity contribution in [2.45, 2.75) is 24.3 Å². The van der Waals surface area contributed by atoms with Gasteiger partial charge in [-0.05, 0) is 25.8 Å². The van der Waals surface area contributed by atoms with E-state index in [-0.39, 0.29) is 29.3 Å². The van der Waals surface area contributed by atoms with E-state index in [0.717, 1.165) is 15.3 Å². The number of hydrogen-bond acceptors (Lipinski definition) is 5. The summed E-state index contributed by atoms with van der Waals surface area (Å²) >= 11 is 0. The first-order chi connectivity index (χ1) is 9.70. The Kier molecular flexibility index (Phi) is 5.61. The topological polar surface area (TPSA) is 107 Å². The van der Waals surface area contributed by atoms with Crippen LogP contribution in [0.1, 0.15) is 13.3 Å². The summed E-state index contributed by atoms with van der Waals surface area (Å²) in [6.07, 6.45) is 1.75. The van der Waals surface area contributed by atoms with Crippen molar-refractivity contribution in [1.82, 2.24) is 13.4 Å². The van der Waals surface area contributed by atoms with Crippen LogP contribution in [-0.4, -0.2) is 41.0 Å². The second kappa shape index (κ2) is 6.53. The van der Waals surface area contributed by atoms with Crippen molar-refractivity contribution < 1.29 is 8.42 Å². The first kappa shape index (κ1) is 18.9. The molecule has 0 aliphatic carbocycles. The summed E-state index contributed by atoms with van der Waals surface area (Å²) < 4.78 is 28.6. The van der Waals surface area contributed by atoms with Gasteiger partial charge in [0.15, 0.2) is 4.90 Å². The second-order valence-corrected chi connectivity index (χ2v) is 7.37. The molecule has 1 aromatic rings. The van der Waals surface area contributed by atoms with Crippen LogP contribution in [0.4, 0.5) is 0 Å². The maximum absolute atomic E-state index is 12.7. The van der Waals surface area contributed by atoms with Crippen LogP contribution >= 0.6 is 12.4 Å². The van der Waals surface area contributed by atoms with Crippen LogP contribution in [0.2, 0.25) is 0 Å². The first-order valence-electron chi connectivity index (χ1n) is 6.68. The lowest BCUT2D eigenvalue weighted by atomic mass is 10.1. The minimum Gasteiger partial charge on any atom is -0.330 e. The Hall–Kier alpha value is -1.16. The van der Waals surface area contributed by atoms with E-state index in [1.807, 2.05) is 0 Å². The van der Waals surface area contributed by atoms with E-state index in [1.54, 1.807) is 6.92 Å². The molecule has 2 atom stereocenters. The van der Waals surface area contributed by atoms with Crippen molar-refractivity contribution in [3.05, 3.63) is 27.0 Å². The molecular weight excluding hydrogens is 332 g/mol. The lowest BCUT2D eigenvalue weighted by Gasteiger charge is -2.21. The van der Waals surface area contributed by atoms with Crippen LogP contribution in [0, 0.1) is 5.92 Å². The first-order valence-corrected chi connectivity index (χ1v) is 8.12. The van der Waals surface area contributed by atoms with Gasteiger partial charge in [-0.15, -0.1) is 12.4 Å². The second-order valence-electron chi connectivity index (χ2n) is 5.51. The average Bonchev–Trinajstić information content (AvgIpc) is 2.82. The molecule has 22 heavy (non-hydrogen) atoms. The Morgan fingerprint density at radius 1 is 1.32 bits per heavy atom. The quantitative estimate of drug-likeness (QED) is 0.740. The van der Waals surface area contributed by atoms with Gasteiger partial charge in [-0.2, -0.15) is 4.31 Å². The summed E-state index contributed by atoms with van der Waals surface area (Å²) in [7, 11) is -1.26. The van der Waals surface area contributed by atoms with Crippen LogP contribution in [0.15, 0.2) is 20.7 Å². The predicted molar refractivity (Wildman–Crippen MR) is 84.7 cm³/mol. The van der Waals surface area contributed by atoms with E-state index in [9.17, 15) is 18.0 Å². The number of nitrogens with zero attached hydrogens (tertiary/aromatic N) is 3. The summed E-state index contributed by atoms with van der Waals surface area (Å²) in [5.74, 6) is 0.0890. The van der Waals surface area contributed by atoms with Crippen molar-refractivity contribution in [2.75, 3.05) is 13.1 Å². The largest absolute Gasteiger partial charge is 0.330 e. The van der Waals surface area contributed by atoms with E-state index in [2.05, 4.69) is 0 Å². The van der Waals surface area contributed by atoms with E-state index in [0.29, 0.717) is 19.5 Å². The maximum atomic E-state index is 12.7. The lowest BCUT2D eigenvalue weighted by molar-refractivity contribution is 0.402. The molecule has 2 rings (SSSR count). The van der Waals surface area contributed by atoms with Gasteiger partial charge in [-0.1, -0.05) is 0 Å². The predicted octanol–water partition coefficient (Wildman–Crippen LogP) is -1.14. The lowest BCUT2D eigenvalue weighted by Crippen LogP contribution is -2.43. The maximum Gasteiger partial charge on any atom is 0.330 e. The zero-order valence-corrected chi connectivity index (χ0v) is 14.4. The number of aromatic nitrogens is 2. The van der Waals surface area contributed by atoms with Gasteiger partial charge in [-0.25, -0.2) is 13.2 Å². The van der Waals surface area contributed by atoms with Crippen LogP contribution < -0.4 is 17.0 Å². The van der Waals surface area contributed by atoms with Gasteiger partial charge in [0.1, 0.15) is 0 Å². The number of halogens is 1. The van der Waals surface area contributed by atoms with E-state index in [4.69, 9.17) is 5.73 Å². The van der Waals surface area contributed by atoms with E-state index < -0.39 is 21.3 Å². The molecule has 1 aromatic heterocycles. The van der Waals surface area contributed by atoms with Crippen LogP contribution in [0.25, 0.3) is 0 Å². The van der Waals surface area contributed by atoms with Crippen molar-refractivity contribution in [3.63, 3.8) is 0 Å². The van der Waals surface area contributed by atoms with Gasteiger partial charge in [0.2, 0.25) is 10.0 Å². The number of nitrogens with two attached hydrogens (primary N) is 1. The van der Waals surface area contributed by atoms with E-state index >= 15 is 0 Å². The molecule has 2 unspecified atom stereocenters. The summed E-state index contributed by atoms with van der Waals surface area (Å²) in [4.78, 5) is 23.4. The van der Waals surface area contributed by atoms with Gasteiger partial charge in [-0.3, -0.25) is 9.36 Å². The molecule has 0 saturated carbocycles. The smallest absolute Gasteiger partial charge is 0.330 e. The summed E-state index contributed by atoms with van der Waals surface area (Å²) in [5.41, 5.74) is 4.24. The fourth-order valence-electron chi connectivity index (χ4n) is 2.69. The van der Waals surface area contributed by atoms with E-state index in [1.165, 1.54) is 18.4 Å². The van der Waals surface area contributed by atoms with Gasteiger partial charge in [0.05, 0.1) is 0 Å². The third-order valence-corrected chi connectivity index (χ3v) is 5.90. The summed E-state index contributed by atoms with van der Waals surface area (Å²) in [6.45, 7) is 2.49. The molecule has 0 amide bonds. The molecule has 0 spiro atoms. The Morgan fingerprint density at radius 3 is 2.41 bits per heavy atom. The molecule has 1 aliphatic heterocycles. The van der Waals surface area contributed by atoms with Crippen LogP contribution in [0.5, 0.6) is 0 Å². The zero-order chi connectivity index (χ0) is 15.9. The van der Waals surface area contributed by atoms with Gasteiger partial charge >= 0.3 is 5.69 Å². The van der Waals surface area contributed by atoms with Crippen LogP contribution in [-0.2, 0) is 24.1 Å². The average molecular weight is 353 g/mol. The highest BCUT2D eigenvalue weighted by molar-refractivity contribution is 7.89. The Balaban J connectivity index is 0.00000242. The minimum absolute atomic E-state index is 0. The molecular formula is C12H21ClN4O4S. The summed E-state index contributed by atoms with van der Waals surface area (Å²) in [5, 5.41) is 0. The minimum atomic E-state index is -3.94. The molecule has 0 aromatic carbocycles. The standard InChI is InChI=1S/C12H20N4O4S.ClH/c1-8-4-9(5-13)6-16(8)21(19,20)10-7-14(2)12(18)15(3)11(10)17;/h7-9H,4-6,13H2,1-3H3;1H. The molecule has 2 heterocycles.